The predicted octanol–water partition coefficient (Wildman–Crippen LogP) is 4.14. The van der Waals surface area contributed by atoms with Crippen molar-refractivity contribution in [1.29, 1.82) is 0 Å². The van der Waals surface area contributed by atoms with Crippen LogP contribution in [0.15, 0.2) is 12.1 Å². The normalized spacial score (nSPS) is 13.1. The zero-order valence-electron chi connectivity index (χ0n) is 11.6. The molecule has 1 aromatic rings. The zero-order chi connectivity index (χ0) is 13.0. The fourth-order valence-corrected chi connectivity index (χ4v) is 2.29. The van der Waals surface area contributed by atoms with Gasteiger partial charge in [0.15, 0.2) is 0 Å². The van der Waals surface area contributed by atoms with Crippen LogP contribution in [0, 0.1) is 25.6 Å². The van der Waals surface area contributed by atoms with Crippen molar-refractivity contribution < 1.29 is 4.39 Å². The fourth-order valence-electron chi connectivity index (χ4n) is 2.29. The van der Waals surface area contributed by atoms with Crippen LogP contribution < -0.4 is 5.32 Å². The van der Waals surface area contributed by atoms with Crippen LogP contribution in [0.3, 0.4) is 0 Å². The van der Waals surface area contributed by atoms with E-state index in [-0.39, 0.29) is 11.9 Å². The fraction of sp³-hybridized carbons (Fsp3) is 0.600. The van der Waals surface area contributed by atoms with E-state index in [0.29, 0.717) is 5.92 Å². The van der Waals surface area contributed by atoms with Crippen molar-refractivity contribution in [2.75, 3.05) is 6.54 Å². The second kappa shape index (κ2) is 6.15. The average Bonchev–Trinajstić information content (AvgIpc) is 2.20. The molecule has 17 heavy (non-hydrogen) atoms. The molecule has 0 heterocycles. The zero-order valence-corrected chi connectivity index (χ0v) is 11.6. The second-order valence-corrected chi connectivity index (χ2v) is 5.15. The molecule has 1 nitrogen and oxygen atoms in total. The molecule has 0 amide bonds. The summed E-state index contributed by atoms with van der Waals surface area (Å²) in [4.78, 5) is 0. The first-order chi connectivity index (χ1) is 7.97. The van der Waals surface area contributed by atoms with Crippen LogP contribution in [-0.4, -0.2) is 6.54 Å². The van der Waals surface area contributed by atoms with Crippen LogP contribution in [0.5, 0.6) is 0 Å². The van der Waals surface area contributed by atoms with Gasteiger partial charge in [0, 0.05) is 11.6 Å². The van der Waals surface area contributed by atoms with Gasteiger partial charge in [-0.2, -0.15) is 0 Å². The molecule has 0 saturated carbocycles. The van der Waals surface area contributed by atoms with Gasteiger partial charge in [0.2, 0.25) is 0 Å². The number of aryl methyl sites for hydroxylation is 2. The molecule has 0 saturated heterocycles. The molecule has 0 aromatic heterocycles. The van der Waals surface area contributed by atoms with E-state index in [1.807, 2.05) is 13.8 Å². The van der Waals surface area contributed by atoms with E-state index >= 15 is 0 Å². The van der Waals surface area contributed by atoms with E-state index in [4.69, 9.17) is 0 Å². The van der Waals surface area contributed by atoms with Crippen molar-refractivity contribution >= 4 is 0 Å². The third kappa shape index (κ3) is 3.53. The lowest BCUT2D eigenvalue weighted by atomic mass is 9.91. The lowest BCUT2D eigenvalue weighted by Crippen LogP contribution is -2.28. The van der Waals surface area contributed by atoms with Gasteiger partial charge in [0.1, 0.15) is 5.82 Å². The molecule has 0 aliphatic heterocycles. The van der Waals surface area contributed by atoms with E-state index in [9.17, 15) is 4.39 Å². The van der Waals surface area contributed by atoms with Crippen LogP contribution in [0.2, 0.25) is 0 Å². The summed E-state index contributed by atoms with van der Waals surface area (Å²) in [5.41, 5.74) is 2.87. The number of benzene rings is 1. The third-order valence-corrected chi connectivity index (χ3v) is 3.07. The third-order valence-electron chi connectivity index (χ3n) is 3.07. The first-order valence-electron chi connectivity index (χ1n) is 6.47. The number of hydrogen-bond acceptors (Lipinski definition) is 1. The standard InChI is InChI=1S/C15H24FN/c1-6-7-17-15(10(2)3)14-12(5)8-11(4)9-13(14)16/h8-10,15,17H,6-7H2,1-5H3. The molecule has 2 heteroatoms. The first kappa shape index (κ1) is 14.2. The van der Waals surface area contributed by atoms with Gasteiger partial charge in [-0.15, -0.1) is 0 Å². The van der Waals surface area contributed by atoms with Gasteiger partial charge in [0.25, 0.3) is 0 Å². The van der Waals surface area contributed by atoms with Crippen molar-refractivity contribution in [1.82, 2.24) is 5.32 Å². The SMILES string of the molecule is CCCNC(c1c(C)cc(C)cc1F)C(C)C. The molecule has 0 bridgehead atoms. The van der Waals surface area contributed by atoms with Crippen molar-refractivity contribution in [2.45, 2.75) is 47.1 Å². The highest BCUT2D eigenvalue weighted by atomic mass is 19.1. The van der Waals surface area contributed by atoms with Crippen molar-refractivity contribution in [2.24, 2.45) is 5.92 Å². The summed E-state index contributed by atoms with van der Waals surface area (Å²) in [5, 5.41) is 3.45. The highest BCUT2D eigenvalue weighted by Crippen LogP contribution is 2.28. The molecular formula is C15H24FN. The quantitative estimate of drug-likeness (QED) is 0.811. The Morgan fingerprint density at radius 2 is 1.88 bits per heavy atom. The molecule has 1 atom stereocenters. The van der Waals surface area contributed by atoms with Gasteiger partial charge in [-0.3, -0.25) is 0 Å². The van der Waals surface area contributed by atoms with Crippen LogP contribution in [-0.2, 0) is 0 Å². The monoisotopic (exact) mass is 237 g/mol. The Hall–Kier alpha value is -0.890. The maximum atomic E-state index is 14.1. The van der Waals surface area contributed by atoms with Crippen LogP contribution >= 0.6 is 0 Å². The van der Waals surface area contributed by atoms with E-state index in [0.717, 1.165) is 29.7 Å². The van der Waals surface area contributed by atoms with Gasteiger partial charge in [-0.05, 0) is 49.9 Å². The number of halogens is 1. The summed E-state index contributed by atoms with van der Waals surface area (Å²) in [6.07, 6.45) is 1.07. The van der Waals surface area contributed by atoms with Gasteiger partial charge in [-0.25, -0.2) is 4.39 Å². The lowest BCUT2D eigenvalue weighted by molar-refractivity contribution is 0.396. The van der Waals surface area contributed by atoms with E-state index in [1.165, 1.54) is 0 Å². The molecule has 1 aromatic carbocycles. The van der Waals surface area contributed by atoms with Crippen LogP contribution in [0.1, 0.15) is 49.9 Å². The Morgan fingerprint density at radius 1 is 1.24 bits per heavy atom. The van der Waals surface area contributed by atoms with Gasteiger partial charge in [0.05, 0.1) is 0 Å². The molecule has 0 radical (unpaired) electrons. The minimum Gasteiger partial charge on any atom is -0.310 e. The Bertz CT molecular complexity index is 348. The van der Waals surface area contributed by atoms with E-state index < -0.39 is 0 Å². The van der Waals surface area contributed by atoms with Gasteiger partial charge < -0.3 is 5.32 Å². The highest BCUT2D eigenvalue weighted by molar-refractivity contribution is 5.34. The maximum Gasteiger partial charge on any atom is 0.128 e. The Kier molecular flexibility index (Phi) is 5.13. The topological polar surface area (TPSA) is 12.0 Å². The summed E-state index contributed by atoms with van der Waals surface area (Å²) < 4.78 is 14.1. The lowest BCUT2D eigenvalue weighted by Gasteiger charge is -2.25. The van der Waals surface area contributed by atoms with Gasteiger partial charge in [-0.1, -0.05) is 26.8 Å². The number of hydrogen-bond donors (Lipinski definition) is 1. The molecule has 0 aliphatic carbocycles. The summed E-state index contributed by atoms with van der Waals surface area (Å²) >= 11 is 0. The first-order valence-corrected chi connectivity index (χ1v) is 6.47. The molecule has 1 rings (SSSR count). The molecule has 0 fully saturated rings. The Balaban J connectivity index is 3.09. The molecule has 96 valence electrons. The minimum absolute atomic E-state index is 0.0789. The highest BCUT2D eigenvalue weighted by Gasteiger charge is 2.20. The molecule has 1 unspecified atom stereocenters. The molecular weight excluding hydrogens is 213 g/mol. The van der Waals surface area contributed by atoms with Crippen molar-refractivity contribution in [3.8, 4) is 0 Å². The smallest absolute Gasteiger partial charge is 0.128 e. The molecule has 0 aliphatic rings. The van der Waals surface area contributed by atoms with Crippen molar-refractivity contribution in [3.05, 3.63) is 34.6 Å². The number of rotatable bonds is 5. The van der Waals surface area contributed by atoms with Crippen LogP contribution in [0.4, 0.5) is 4.39 Å². The predicted molar refractivity (Wildman–Crippen MR) is 71.7 cm³/mol. The Morgan fingerprint density at radius 3 is 2.35 bits per heavy atom. The largest absolute Gasteiger partial charge is 0.310 e. The summed E-state index contributed by atoms with van der Waals surface area (Å²) in [6, 6.07) is 3.79. The summed E-state index contributed by atoms with van der Waals surface area (Å²) in [6.45, 7) is 11.2. The van der Waals surface area contributed by atoms with Crippen molar-refractivity contribution in [3.63, 3.8) is 0 Å². The minimum atomic E-state index is -0.0789. The molecule has 0 spiro atoms. The second-order valence-electron chi connectivity index (χ2n) is 5.15. The average molecular weight is 237 g/mol. The van der Waals surface area contributed by atoms with E-state index in [2.05, 4.69) is 32.2 Å². The maximum absolute atomic E-state index is 14.1. The summed E-state index contributed by atoms with van der Waals surface area (Å²) in [7, 11) is 0. The molecule has 1 N–H and O–H groups in total. The van der Waals surface area contributed by atoms with E-state index in [1.54, 1.807) is 6.07 Å². The number of nitrogens with one attached hydrogen (secondary N) is 1. The van der Waals surface area contributed by atoms with Gasteiger partial charge >= 0.3 is 0 Å². The van der Waals surface area contributed by atoms with Crippen LogP contribution in [0.25, 0.3) is 0 Å². The summed E-state index contributed by atoms with van der Waals surface area (Å²) in [5.74, 6) is 0.308. The Labute approximate surface area is 104 Å².